The number of halogens is 2. The summed E-state index contributed by atoms with van der Waals surface area (Å²) in [6, 6.07) is 32.2. The number of aldehydes is 1. The molecule has 0 amide bonds. The van der Waals surface area contributed by atoms with Gasteiger partial charge in [-0.15, -0.1) is 0 Å². The van der Waals surface area contributed by atoms with Crippen LogP contribution in [0.2, 0.25) is 15.1 Å². The molecule has 2 nitrogen and oxygen atoms in total. The van der Waals surface area contributed by atoms with Crippen LogP contribution in [0, 0.1) is 0 Å². The first kappa shape index (κ1) is 24.3. The highest BCUT2D eigenvalue weighted by Gasteiger charge is 2.52. The highest BCUT2D eigenvalue weighted by molar-refractivity contribution is 7.00. The molecule has 4 aromatic carbocycles. The van der Waals surface area contributed by atoms with E-state index in [0.717, 1.165) is 17.6 Å². The third-order valence-corrected chi connectivity index (χ3v) is 11.6. The molecule has 0 saturated carbocycles. The maximum Gasteiger partial charge on any atom is 0.319 e. The lowest BCUT2D eigenvalue weighted by Crippen LogP contribution is -2.68. The summed E-state index contributed by atoms with van der Waals surface area (Å²) in [7, 11) is -2.71. The first-order chi connectivity index (χ1) is 16.3. The maximum absolute atomic E-state index is 11.1. The molecule has 0 aromatic heterocycles. The van der Waals surface area contributed by atoms with Gasteiger partial charge in [-0.05, 0) is 45.2 Å². The number of carbonyl (C=O) groups excluding carboxylic acids is 1. The Balaban J connectivity index is 1.80. The molecular weight excluding hydrogens is 479 g/mol. The van der Waals surface area contributed by atoms with Crippen molar-refractivity contribution in [3.8, 4) is 16.9 Å². The van der Waals surface area contributed by atoms with Gasteiger partial charge in [0, 0.05) is 11.1 Å². The Morgan fingerprint density at radius 3 is 1.62 bits per heavy atom. The predicted molar refractivity (Wildman–Crippen MR) is 146 cm³/mol. The monoisotopic (exact) mass is 504 g/mol. The van der Waals surface area contributed by atoms with Crippen LogP contribution >= 0.6 is 23.2 Å². The molecule has 0 aliphatic heterocycles. The van der Waals surface area contributed by atoms with Crippen LogP contribution in [0.15, 0.2) is 97.1 Å². The van der Waals surface area contributed by atoms with Crippen LogP contribution in [0.5, 0.6) is 5.75 Å². The van der Waals surface area contributed by atoms with Crippen LogP contribution in [-0.4, -0.2) is 14.6 Å². The van der Waals surface area contributed by atoms with E-state index in [9.17, 15) is 4.79 Å². The van der Waals surface area contributed by atoms with E-state index in [2.05, 4.69) is 69.3 Å². The van der Waals surface area contributed by atoms with E-state index in [0.29, 0.717) is 21.2 Å². The van der Waals surface area contributed by atoms with Gasteiger partial charge in [-0.2, -0.15) is 0 Å². The van der Waals surface area contributed by atoms with Gasteiger partial charge in [0.05, 0.1) is 10.0 Å². The molecule has 5 heteroatoms. The first-order valence-electron chi connectivity index (χ1n) is 11.1. The summed E-state index contributed by atoms with van der Waals surface area (Å²) in [5, 5.41) is 3.18. The Bertz CT molecular complexity index is 1220. The second-order valence-electron chi connectivity index (χ2n) is 9.27. The van der Waals surface area contributed by atoms with Crippen LogP contribution in [0.25, 0.3) is 11.1 Å². The molecule has 4 rings (SSSR count). The average molecular weight is 506 g/mol. The predicted octanol–water partition coefficient (Wildman–Crippen LogP) is 7.41. The van der Waals surface area contributed by atoms with Gasteiger partial charge in [-0.3, -0.25) is 4.79 Å². The summed E-state index contributed by atoms with van der Waals surface area (Å²) >= 11 is 12.9. The maximum atomic E-state index is 11.1. The van der Waals surface area contributed by atoms with Crippen molar-refractivity contribution >= 4 is 48.2 Å². The zero-order chi connectivity index (χ0) is 24.3. The van der Waals surface area contributed by atoms with E-state index in [1.165, 1.54) is 10.4 Å². The van der Waals surface area contributed by atoms with Crippen molar-refractivity contribution in [3.63, 3.8) is 0 Å². The van der Waals surface area contributed by atoms with E-state index < -0.39 is 8.32 Å². The Hall–Kier alpha value is -2.85. The Kier molecular flexibility index (Phi) is 6.99. The fourth-order valence-corrected chi connectivity index (χ4v) is 9.60. The largest absolute Gasteiger partial charge is 0.534 e. The molecule has 4 aromatic rings. The summed E-state index contributed by atoms with van der Waals surface area (Å²) in [4.78, 5) is 11.1. The standard InChI is InChI=1S/C29H26Cl2O2Si/c1-29(2,3)34(24-10-6-4-7-11-24,25-12-8-5-9-13-25)33-23-16-14-22(15-17-23)28-26(30)18-21(20-32)19-27(28)31/h4-20H,1-3H3. The lowest BCUT2D eigenvalue weighted by molar-refractivity contribution is 0.112. The van der Waals surface area contributed by atoms with E-state index >= 15 is 0 Å². The molecule has 0 fully saturated rings. The van der Waals surface area contributed by atoms with Gasteiger partial charge < -0.3 is 4.43 Å². The summed E-state index contributed by atoms with van der Waals surface area (Å²) in [6.45, 7) is 6.76. The SMILES string of the molecule is CC(C)(C)[Si](Oc1ccc(-c2c(Cl)cc(C=O)cc2Cl)cc1)(c1ccccc1)c1ccccc1. The minimum absolute atomic E-state index is 0.133. The van der Waals surface area contributed by atoms with E-state index in [1.54, 1.807) is 12.1 Å². The van der Waals surface area contributed by atoms with Crippen LogP contribution in [0.3, 0.4) is 0 Å². The zero-order valence-corrected chi connectivity index (χ0v) is 21.9. The van der Waals surface area contributed by atoms with Crippen molar-refractivity contribution in [1.29, 1.82) is 0 Å². The van der Waals surface area contributed by atoms with Crippen LogP contribution < -0.4 is 14.8 Å². The molecular formula is C29H26Cl2O2Si. The van der Waals surface area contributed by atoms with E-state index in [-0.39, 0.29) is 5.04 Å². The second kappa shape index (κ2) is 9.79. The van der Waals surface area contributed by atoms with Crippen molar-refractivity contribution in [1.82, 2.24) is 0 Å². The number of rotatable bonds is 6. The van der Waals surface area contributed by atoms with Crippen molar-refractivity contribution in [2.45, 2.75) is 25.8 Å². The molecule has 0 unspecified atom stereocenters. The number of benzene rings is 4. The molecule has 172 valence electrons. The summed E-state index contributed by atoms with van der Waals surface area (Å²) < 4.78 is 7.05. The van der Waals surface area contributed by atoms with Crippen molar-refractivity contribution in [2.24, 2.45) is 0 Å². The summed E-state index contributed by atoms with van der Waals surface area (Å²) in [5.74, 6) is 0.787. The molecule has 0 heterocycles. The third kappa shape index (κ3) is 4.56. The van der Waals surface area contributed by atoms with Gasteiger partial charge in [-0.25, -0.2) is 0 Å². The second-order valence-corrected chi connectivity index (χ2v) is 14.3. The molecule has 0 aliphatic rings. The minimum Gasteiger partial charge on any atom is -0.534 e. The van der Waals surface area contributed by atoms with Gasteiger partial charge in [0.15, 0.2) is 0 Å². The molecule has 0 saturated heterocycles. The molecule has 0 atom stereocenters. The Labute approximate surface area is 212 Å². The minimum atomic E-state index is -2.71. The molecule has 0 bridgehead atoms. The highest BCUT2D eigenvalue weighted by Crippen LogP contribution is 2.39. The highest BCUT2D eigenvalue weighted by atomic mass is 35.5. The van der Waals surface area contributed by atoms with Gasteiger partial charge in [0.25, 0.3) is 0 Å². The van der Waals surface area contributed by atoms with Crippen LogP contribution in [-0.2, 0) is 0 Å². The molecule has 0 radical (unpaired) electrons. The molecule has 0 spiro atoms. The van der Waals surface area contributed by atoms with Crippen molar-refractivity contribution in [3.05, 3.63) is 113 Å². The van der Waals surface area contributed by atoms with Gasteiger partial charge in [0.1, 0.15) is 12.0 Å². The smallest absolute Gasteiger partial charge is 0.319 e. The average Bonchev–Trinajstić information content (AvgIpc) is 2.83. The first-order valence-corrected chi connectivity index (χ1v) is 13.8. The van der Waals surface area contributed by atoms with Gasteiger partial charge in [0.2, 0.25) is 0 Å². The Morgan fingerprint density at radius 1 is 0.735 bits per heavy atom. The lowest BCUT2D eigenvalue weighted by atomic mass is 10.0. The van der Waals surface area contributed by atoms with Crippen LogP contribution in [0.4, 0.5) is 0 Å². The Morgan fingerprint density at radius 2 is 1.21 bits per heavy atom. The van der Waals surface area contributed by atoms with E-state index in [4.69, 9.17) is 27.6 Å². The van der Waals surface area contributed by atoms with Crippen molar-refractivity contribution in [2.75, 3.05) is 0 Å². The number of carbonyl (C=O) groups is 1. The number of hydrogen-bond acceptors (Lipinski definition) is 2. The fraction of sp³-hybridized carbons (Fsp3) is 0.138. The molecule has 0 aliphatic carbocycles. The zero-order valence-electron chi connectivity index (χ0n) is 19.4. The summed E-state index contributed by atoms with van der Waals surface area (Å²) in [6.07, 6.45) is 0.738. The number of hydrogen-bond donors (Lipinski definition) is 0. The molecule has 34 heavy (non-hydrogen) atoms. The molecule has 0 N–H and O–H groups in total. The lowest BCUT2D eigenvalue weighted by Gasteiger charge is -2.43. The van der Waals surface area contributed by atoms with Gasteiger partial charge in [-0.1, -0.05) is 117 Å². The quantitative estimate of drug-likeness (QED) is 0.201. The third-order valence-electron chi connectivity index (χ3n) is 6.03. The summed E-state index contributed by atoms with van der Waals surface area (Å²) in [5.41, 5.74) is 2.01. The van der Waals surface area contributed by atoms with E-state index in [1.807, 2.05) is 36.4 Å². The normalized spacial score (nSPS) is 11.8. The topological polar surface area (TPSA) is 26.3 Å². The van der Waals surface area contributed by atoms with Crippen LogP contribution in [0.1, 0.15) is 31.1 Å². The van der Waals surface area contributed by atoms with Crippen molar-refractivity contribution < 1.29 is 9.22 Å². The van der Waals surface area contributed by atoms with Gasteiger partial charge >= 0.3 is 8.32 Å². The fourth-order valence-electron chi connectivity index (χ4n) is 4.45.